The van der Waals surface area contributed by atoms with Crippen LogP contribution in [0.3, 0.4) is 0 Å². The standard InChI is InChI=1S/C14H8BrCl2N/c15-11-4-2-1-3-9(11)14-7-10-12(17)5-8(16)6-13(10)18-14/h1-7,18H. The van der Waals surface area contributed by atoms with Gasteiger partial charge in [-0.2, -0.15) is 0 Å². The Bertz CT molecular complexity index is 734. The second-order valence-corrected chi connectivity index (χ2v) is 5.71. The van der Waals surface area contributed by atoms with Gasteiger partial charge in [-0.15, -0.1) is 0 Å². The van der Waals surface area contributed by atoms with Gasteiger partial charge in [0.05, 0.1) is 5.02 Å². The van der Waals surface area contributed by atoms with Crippen LogP contribution in [0.15, 0.2) is 46.9 Å². The predicted octanol–water partition coefficient (Wildman–Crippen LogP) is 5.90. The summed E-state index contributed by atoms with van der Waals surface area (Å²) in [5.74, 6) is 0. The minimum atomic E-state index is 0.632. The fraction of sp³-hybridized carbons (Fsp3) is 0. The molecule has 18 heavy (non-hydrogen) atoms. The number of H-pyrrole nitrogens is 1. The number of hydrogen-bond acceptors (Lipinski definition) is 0. The largest absolute Gasteiger partial charge is 0.354 e. The van der Waals surface area contributed by atoms with Crippen molar-refractivity contribution in [2.45, 2.75) is 0 Å². The first kappa shape index (κ1) is 12.1. The average molecular weight is 341 g/mol. The van der Waals surface area contributed by atoms with Crippen LogP contribution in [0.5, 0.6) is 0 Å². The van der Waals surface area contributed by atoms with E-state index < -0.39 is 0 Å². The zero-order chi connectivity index (χ0) is 12.7. The molecule has 0 spiro atoms. The Morgan fingerprint density at radius 1 is 1.00 bits per heavy atom. The van der Waals surface area contributed by atoms with Crippen LogP contribution in [0.4, 0.5) is 0 Å². The van der Waals surface area contributed by atoms with Gasteiger partial charge in [0.15, 0.2) is 0 Å². The molecule has 0 aliphatic heterocycles. The van der Waals surface area contributed by atoms with Crippen molar-refractivity contribution >= 4 is 50.0 Å². The number of nitrogens with one attached hydrogen (secondary N) is 1. The summed E-state index contributed by atoms with van der Waals surface area (Å²) in [6.45, 7) is 0. The second kappa shape index (κ2) is 4.61. The van der Waals surface area contributed by atoms with Crippen LogP contribution >= 0.6 is 39.1 Å². The zero-order valence-corrected chi connectivity index (χ0v) is 12.3. The van der Waals surface area contributed by atoms with Gasteiger partial charge in [-0.25, -0.2) is 0 Å². The molecule has 1 aromatic heterocycles. The predicted molar refractivity (Wildman–Crippen MR) is 81.5 cm³/mol. The van der Waals surface area contributed by atoms with Crippen LogP contribution in [0.2, 0.25) is 10.0 Å². The van der Waals surface area contributed by atoms with Gasteiger partial charge in [-0.05, 0) is 24.3 Å². The minimum absolute atomic E-state index is 0.632. The van der Waals surface area contributed by atoms with E-state index in [0.29, 0.717) is 10.0 Å². The highest BCUT2D eigenvalue weighted by Crippen LogP contribution is 2.34. The maximum Gasteiger partial charge on any atom is 0.0514 e. The molecule has 0 saturated carbocycles. The molecule has 2 aromatic carbocycles. The summed E-state index contributed by atoms with van der Waals surface area (Å²) in [5, 5.41) is 2.27. The van der Waals surface area contributed by atoms with Gasteiger partial charge in [0, 0.05) is 31.7 Å². The molecule has 4 heteroatoms. The van der Waals surface area contributed by atoms with Crippen LogP contribution in [-0.2, 0) is 0 Å². The number of aromatic nitrogens is 1. The van der Waals surface area contributed by atoms with Crippen LogP contribution < -0.4 is 0 Å². The van der Waals surface area contributed by atoms with E-state index in [0.717, 1.165) is 26.6 Å². The van der Waals surface area contributed by atoms with E-state index in [4.69, 9.17) is 23.2 Å². The molecular weight excluding hydrogens is 333 g/mol. The fourth-order valence-corrected chi connectivity index (χ4v) is 3.03. The number of rotatable bonds is 1. The van der Waals surface area contributed by atoms with E-state index in [9.17, 15) is 0 Å². The topological polar surface area (TPSA) is 15.8 Å². The molecule has 1 N–H and O–H groups in total. The van der Waals surface area contributed by atoms with Crippen molar-refractivity contribution in [2.75, 3.05) is 0 Å². The van der Waals surface area contributed by atoms with Gasteiger partial charge in [0.2, 0.25) is 0 Å². The first-order valence-corrected chi connectivity index (χ1v) is 6.93. The van der Waals surface area contributed by atoms with Crippen molar-refractivity contribution < 1.29 is 0 Å². The average Bonchev–Trinajstić information content (AvgIpc) is 2.73. The molecule has 1 nitrogen and oxygen atoms in total. The maximum atomic E-state index is 6.19. The minimum Gasteiger partial charge on any atom is -0.354 e. The number of aromatic amines is 1. The smallest absolute Gasteiger partial charge is 0.0514 e. The molecule has 0 aliphatic rings. The van der Waals surface area contributed by atoms with Crippen molar-refractivity contribution in [1.29, 1.82) is 0 Å². The van der Waals surface area contributed by atoms with Crippen molar-refractivity contribution in [1.82, 2.24) is 4.98 Å². The Morgan fingerprint density at radius 2 is 1.78 bits per heavy atom. The third-order valence-corrected chi connectivity index (χ3v) is 4.04. The maximum absolute atomic E-state index is 6.19. The molecule has 0 atom stereocenters. The highest BCUT2D eigenvalue weighted by atomic mass is 79.9. The molecule has 0 fully saturated rings. The summed E-state index contributed by atoms with van der Waals surface area (Å²) in [6, 6.07) is 13.7. The lowest BCUT2D eigenvalue weighted by Gasteiger charge is -2.00. The monoisotopic (exact) mass is 339 g/mol. The van der Waals surface area contributed by atoms with E-state index in [2.05, 4.69) is 20.9 Å². The van der Waals surface area contributed by atoms with E-state index in [1.807, 2.05) is 36.4 Å². The second-order valence-electron chi connectivity index (χ2n) is 4.01. The van der Waals surface area contributed by atoms with E-state index in [-0.39, 0.29) is 0 Å². The highest BCUT2D eigenvalue weighted by molar-refractivity contribution is 9.10. The molecular formula is C14H8BrCl2N. The van der Waals surface area contributed by atoms with Crippen molar-refractivity contribution in [3.8, 4) is 11.3 Å². The summed E-state index contributed by atoms with van der Waals surface area (Å²) in [6.07, 6.45) is 0. The highest BCUT2D eigenvalue weighted by Gasteiger charge is 2.09. The molecule has 3 rings (SSSR count). The van der Waals surface area contributed by atoms with E-state index in [1.165, 1.54) is 0 Å². The van der Waals surface area contributed by atoms with Gasteiger partial charge < -0.3 is 4.98 Å². The zero-order valence-electron chi connectivity index (χ0n) is 9.18. The Morgan fingerprint density at radius 3 is 2.56 bits per heavy atom. The molecule has 0 bridgehead atoms. The number of hydrogen-bond donors (Lipinski definition) is 1. The normalized spacial score (nSPS) is 11.1. The summed E-state index contributed by atoms with van der Waals surface area (Å²) in [7, 11) is 0. The van der Waals surface area contributed by atoms with Crippen molar-refractivity contribution in [3.63, 3.8) is 0 Å². The van der Waals surface area contributed by atoms with Gasteiger partial charge >= 0.3 is 0 Å². The Hall–Kier alpha value is -0.960. The third kappa shape index (κ3) is 2.05. The molecule has 0 amide bonds. The Balaban J connectivity index is 2.26. The first-order chi connectivity index (χ1) is 8.65. The molecule has 90 valence electrons. The molecule has 3 aromatic rings. The van der Waals surface area contributed by atoms with Crippen LogP contribution in [0.25, 0.3) is 22.2 Å². The van der Waals surface area contributed by atoms with Crippen LogP contribution in [0.1, 0.15) is 0 Å². The van der Waals surface area contributed by atoms with Crippen molar-refractivity contribution in [3.05, 3.63) is 57.0 Å². The quantitative estimate of drug-likeness (QED) is 0.567. The summed E-state index contributed by atoms with van der Waals surface area (Å²) in [5.41, 5.74) is 3.06. The first-order valence-electron chi connectivity index (χ1n) is 5.38. The van der Waals surface area contributed by atoms with E-state index in [1.54, 1.807) is 6.07 Å². The van der Waals surface area contributed by atoms with E-state index >= 15 is 0 Å². The lowest BCUT2D eigenvalue weighted by molar-refractivity contribution is 1.44. The fourth-order valence-electron chi connectivity index (χ4n) is 1.99. The molecule has 0 saturated heterocycles. The van der Waals surface area contributed by atoms with Gasteiger partial charge in [-0.1, -0.05) is 57.3 Å². The van der Waals surface area contributed by atoms with Gasteiger partial charge in [0.1, 0.15) is 0 Å². The summed E-state index contributed by atoms with van der Waals surface area (Å²) < 4.78 is 1.04. The summed E-state index contributed by atoms with van der Waals surface area (Å²) in [4.78, 5) is 3.34. The van der Waals surface area contributed by atoms with Crippen molar-refractivity contribution in [2.24, 2.45) is 0 Å². The molecule has 0 unspecified atom stereocenters. The number of halogens is 3. The lowest BCUT2D eigenvalue weighted by atomic mass is 10.1. The lowest BCUT2D eigenvalue weighted by Crippen LogP contribution is -1.78. The molecule has 1 heterocycles. The molecule has 0 radical (unpaired) electrons. The number of fused-ring (bicyclic) bond motifs is 1. The van der Waals surface area contributed by atoms with Gasteiger partial charge in [0.25, 0.3) is 0 Å². The SMILES string of the molecule is Clc1cc(Cl)c2cc(-c3ccccc3Br)[nH]c2c1. The summed E-state index contributed by atoms with van der Waals surface area (Å²) >= 11 is 15.7. The Kier molecular flexibility index (Phi) is 3.10. The van der Waals surface area contributed by atoms with Crippen LogP contribution in [-0.4, -0.2) is 4.98 Å². The molecule has 0 aliphatic carbocycles. The van der Waals surface area contributed by atoms with Gasteiger partial charge in [-0.3, -0.25) is 0 Å². The Labute approximate surface area is 123 Å². The number of benzene rings is 2. The third-order valence-electron chi connectivity index (χ3n) is 2.82. The van der Waals surface area contributed by atoms with Crippen LogP contribution in [0, 0.1) is 0 Å².